The molecule has 1 aliphatic heterocycles. The van der Waals surface area contributed by atoms with Gasteiger partial charge in [-0.15, -0.1) is 10.2 Å². The number of benzene rings is 1. The third kappa shape index (κ3) is 5.35. The van der Waals surface area contributed by atoms with E-state index in [1.165, 1.54) is 40.6 Å². The lowest BCUT2D eigenvalue weighted by molar-refractivity contribution is 0.0858. The molecule has 2 aromatic heterocycles. The van der Waals surface area contributed by atoms with E-state index in [-0.39, 0.29) is 17.7 Å². The van der Waals surface area contributed by atoms with Gasteiger partial charge in [0.2, 0.25) is 16.0 Å². The molecule has 4 rings (SSSR count). The molecule has 1 aliphatic rings. The van der Waals surface area contributed by atoms with Gasteiger partial charge in [-0.25, -0.2) is 18.4 Å². The Hall–Kier alpha value is -3.00. The second kappa shape index (κ2) is 11.2. The van der Waals surface area contributed by atoms with Crippen LogP contribution in [0.2, 0.25) is 5.02 Å². The number of sulfonamides is 1. The van der Waals surface area contributed by atoms with Crippen LogP contribution in [0.3, 0.4) is 0 Å². The van der Waals surface area contributed by atoms with Crippen LogP contribution >= 0.6 is 11.6 Å². The third-order valence-corrected chi connectivity index (χ3v) is 8.14. The average Bonchev–Trinajstić information content (AvgIpc) is 3.49. The summed E-state index contributed by atoms with van der Waals surface area (Å²) in [5.74, 6) is 1.54. The van der Waals surface area contributed by atoms with Crippen LogP contribution in [-0.4, -0.2) is 66.3 Å². The maximum Gasteiger partial charge on any atom is 0.243 e. The van der Waals surface area contributed by atoms with E-state index in [2.05, 4.69) is 24.9 Å². The largest absolute Gasteiger partial charge is 0.494 e. The van der Waals surface area contributed by atoms with E-state index >= 15 is 0 Å². The minimum Gasteiger partial charge on any atom is -0.494 e. The molecule has 14 heteroatoms. The van der Waals surface area contributed by atoms with E-state index in [0.29, 0.717) is 34.6 Å². The first kappa shape index (κ1) is 27.0. The fourth-order valence-electron chi connectivity index (χ4n) is 4.20. The van der Waals surface area contributed by atoms with Crippen LogP contribution in [-0.2, 0) is 19.5 Å². The molecular formula is C23H29ClN6O6S. The van der Waals surface area contributed by atoms with Crippen LogP contribution in [0.4, 0.5) is 5.95 Å². The van der Waals surface area contributed by atoms with Crippen molar-refractivity contribution in [3.63, 3.8) is 0 Å². The van der Waals surface area contributed by atoms with Gasteiger partial charge in [0.15, 0.2) is 11.6 Å². The van der Waals surface area contributed by atoms with Crippen molar-refractivity contribution in [2.75, 3.05) is 32.7 Å². The lowest BCUT2D eigenvalue weighted by Gasteiger charge is -2.23. The first-order valence-corrected chi connectivity index (χ1v) is 13.4. The zero-order chi connectivity index (χ0) is 26.7. The highest BCUT2D eigenvalue weighted by Gasteiger charge is 2.37. The van der Waals surface area contributed by atoms with E-state index in [1.807, 2.05) is 6.92 Å². The molecule has 0 radical (unpaired) electrons. The fourth-order valence-corrected chi connectivity index (χ4v) is 5.43. The highest BCUT2D eigenvalue weighted by atomic mass is 35.5. The molecule has 1 aromatic carbocycles. The second-order valence-corrected chi connectivity index (χ2v) is 11.0. The number of aromatic nitrogens is 5. The molecule has 2 unspecified atom stereocenters. The van der Waals surface area contributed by atoms with Crippen LogP contribution in [0.5, 0.6) is 11.5 Å². The molecule has 1 N–H and O–H groups in total. The van der Waals surface area contributed by atoms with Gasteiger partial charge in [-0.3, -0.25) is 9.29 Å². The number of hydrogen-bond acceptors (Lipinski definition) is 10. The number of anilines is 1. The summed E-state index contributed by atoms with van der Waals surface area (Å²) in [6, 6.07) is 5.24. The Balaban J connectivity index is 1.80. The minimum atomic E-state index is -4.11. The van der Waals surface area contributed by atoms with Gasteiger partial charge in [-0.05, 0) is 31.4 Å². The molecule has 4 atom stereocenters. The van der Waals surface area contributed by atoms with Crippen molar-refractivity contribution in [2.45, 2.75) is 37.7 Å². The average molecular weight is 553 g/mol. The molecule has 200 valence electrons. The van der Waals surface area contributed by atoms with Crippen molar-refractivity contribution >= 4 is 27.6 Å². The van der Waals surface area contributed by atoms with E-state index in [1.54, 1.807) is 22.8 Å². The Labute approximate surface area is 220 Å². The molecular weight excluding hydrogens is 524 g/mol. The summed E-state index contributed by atoms with van der Waals surface area (Å²) in [5, 5.41) is 7.74. The van der Waals surface area contributed by atoms with Crippen molar-refractivity contribution in [1.29, 1.82) is 0 Å². The highest BCUT2D eigenvalue weighted by Crippen LogP contribution is 2.40. The number of hydrogen-bond donors (Lipinski definition) is 1. The third-order valence-electron chi connectivity index (χ3n) is 6.25. The van der Waals surface area contributed by atoms with Crippen LogP contribution in [0.15, 0.2) is 30.6 Å². The van der Waals surface area contributed by atoms with E-state index in [9.17, 15) is 8.42 Å². The quantitative estimate of drug-likeness (QED) is 0.398. The first-order valence-electron chi connectivity index (χ1n) is 11.5. The van der Waals surface area contributed by atoms with Crippen molar-refractivity contribution in [3.8, 4) is 17.2 Å². The van der Waals surface area contributed by atoms with Gasteiger partial charge in [0.1, 0.15) is 34.6 Å². The van der Waals surface area contributed by atoms with Crippen molar-refractivity contribution in [2.24, 2.45) is 5.92 Å². The van der Waals surface area contributed by atoms with Gasteiger partial charge >= 0.3 is 0 Å². The molecule has 1 saturated heterocycles. The zero-order valence-electron chi connectivity index (χ0n) is 21.1. The predicted molar refractivity (Wildman–Crippen MR) is 136 cm³/mol. The number of methoxy groups -OCH3 is 3. The van der Waals surface area contributed by atoms with Gasteiger partial charge < -0.3 is 18.9 Å². The molecule has 0 bridgehead atoms. The Bertz CT molecular complexity index is 1310. The Morgan fingerprint density at radius 3 is 2.32 bits per heavy atom. The summed E-state index contributed by atoms with van der Waals surface area (Å²) in [6.45, 7) is 4.08. The summed E-state index contributed by atoms with van der Waals surface area (Å²) in [5.41, 5.74) is 0.435. The SMILES string of the molecule is COc1cccc(OC)c1-n1c(NS(=O)(=O)C(C)C(OC)c2ncc(Cl)cn2)nnc1[C@@H]1OCC[C@@H]1C. The molecule has 0 saturated carbocycles. The van der Waals surface area contributed by atoms with Crippen molar-refractivity contribution in [1.82, 2.24) is 24.7 Å². The van der Waals surface area contributed by atoms with Crippen molar-refractivity contribution < 1.29 is 27.4 Å². The monoisotopic (exact) mass is 552 g/mol. The number of nitrogens with one attached hydrogen (secondary N) is 1. The Kier molecular flexibility index (Phi) is 8.17. The van der Waals surface area contributed by atoms with Gasteiger partial charge in [-0.1, -0.05) is 24.6 Å². The standard InChI is InChI=1S/C23H29ClN6O6S/c1-13-9-10-36-19(13)22-27-28-23(30(22)18-16(33-3)7-6-8-17(18)34-4)29-37(31,32)14(2)20(35-5)21-25-11-15(24)12-26-21/h6-8,11-14,19-20H,9-10H2,1-5H3,(H,28,29)/t13-,14?,19+,20?/m0/s1. The second-order valence-electron chi connectivity index (χ2n) is 8.55. The topological polar surface area (TPSA) is 140 Å². The molecule has 0 aliphatic carbocycles. The normalized spacial score (nSPS) is 19.4. The van der Waals surface area contributed by atoms with Crippen LogP contribution in [0.25, 0.3) is 5.69 Å². The fraction of sp³-hybridized carbons (Fsp3) is 0.478. The van der Waals surface area contributed by atoms with Crippen molar-refractivity contribution in [3.05, 3.63) is 47.3 Å². The Morgan fingerprint density at radius 2 is 1.78 bits per heavy atom. The van der Waals surface area contributed by atoms with Gasteiger partial charge in [0, 0.05) is 26.1 Å². The molecule has 37 heavy (non-hydrogen) atoms. The van der Waals surface area contributed by atoms with E-state index in [4.69, 9.17) is 30.5 Å². The van der Waals surface area contributed by atoms with Crippen LogP contribution in [0, 0.1) is 5.92 Å². The summed E-state index contributed by atoms with van der Waals surface area (Å²) in [6.07, 6.45) is 2.19. The number of nitrogens with zero attached hydrogens (tertiary/aromatic N) is 5. The van der Waals surface area contributed by atoms with Gasteiger partial charge in [0.05, 0.1) is 19.2 Å². The van der Waals surface area contributed by atoms with E-state index in [0.717, 1.165) is 6.42 Å². The van der Waals surface area contributed by atoms with Gasteiger partial charge in [0.25, 0.3) is 0 Å². The van der Waals surface area contributed by atoms with E-state index < -0.39 is 27.5 Å². The molecule has 3 heterocycles. The highest BCUT2D eigenvalue weighted by molar-refractivity contribution is 7.93. The lowest BCUT2D eigenvalue weighted by atomic mass is 10.0. The maximum atomic E-state index is 13.6. The summed E-state index contributed by atoms with van der Waals surface area (Å²) >= 11 is 5.88. The molecule has 0 spiro atoms. The molecule has 1 fully saturated rings. The zero-order valence-corrected chi connectivity index (χ0v) is 22.7. The van der Waals surface area contributed by atoms with Crippen LogP contribution < -0.4 is 14.2 Å². The molecule has 12 nitrogen and oxygen atoms in total. The Morgan fingerprint density at radius 1 is 1.14 bits per heavy atom. The smallest absolute Gasteiger partial charge is 0.243 e. The summed E-state index contributed by atoms with van der Waals surface area (Å²) in [7, 11) is 0.297. The van der Waals surface area contributed by atoms with Gasteiger partial charge in [-0.2, -0.15) is 0 Å². The van der Waals surface area contributed by atoms with Crippen LogP contribution in [0.1, 0.15) is 44.1 Å². The number of rotatable bonds is 10. The first-order chi connectivity index (χ1) is 17.7. The number of ether oxygens (including phenoxy) is 4. The molecule has 0 amide bonds. The minimum absolute atomic E-state index is 0.0563. The maximum absolute atomic E-state index is 13.6. The summed E-state index contributed by atoms with van der Waals surface area (Å²) < 4.78 is 53.9. The number of halogens is 1. The lowest BCUT2D eigenvalue weighted by Crippen LogP contribution is -2.33. The molecule has 3 aromatic rings. The summed E-state index contributed by atoms with van der Waals surface area (Å²) in [4.78, 5) is 8.25. The number of para-hydroxylation sites is 1. The predicted octanol–water partition coefficient (Wildman–Crippen LogP) is 3.34.